The molecule has 0 heterocycles. The largest absolute Gasteiger partial charge is 0.480 e. The topological polar surface area (TPSA) is 78.4 Å². The summed E-state index contributed by atoms with van der Waals surface area (Å²) in [7, 11) is 0. The van der Waals surface area contributed by atoms with Crippen LogP contribution >= 0.6 is 0 Å². The lowest BCUT2D eigenvalue weighted by atomic mass is 10.2. The Hall–Kier alpha value is -1.10. The molecule has 0 aliphatic rings. The molecule has 3 N–H and O–H groups in total. The summed E-state index contributed by atoms with van der Waals surface area (Å²) in [4.78, 5) is 22.0. The van der Waals surface area contributed by atoms with Crippen LogP contribution in [0.2, 0.25) is 0 Å². The van der Waals surface area contributed by atoms with Crippen molar-refractivity contribution in [3.63, 3.8) is 0 Å². The molecule has 0 aromatic carbocycles. The SMILES string of the molecule is CCCCCN[C@H](C)C(=O)N[C@H](C)C(=O)O. The predicted molar refractivity (Wildman–Crippen MR) is 62.2 cm³/mol. The van der Waals surface area contributed by atoms with Crippen molar-refractivity contribution in [3.05, 3.63) is 0 Å². The number of hydrogen-bond donors (Lipinski definition) is 3. The molecule has 0 aliphatic carbocycles. The lowest BCUT2D eigenvalue weighted by molar-refractivity contribution is -0.141. The molecule has 0 aromatic rings. The van der Waals surface area contributed by atoms with Crippen LogP contribution in [0.15, 0.2) is 0 Å². The maximum atomic E-state index is 11.5. The van der Waals surface area contributed by atoms with Crippen molar-refractivity contribution in [1.29, 1.82) is 0 Å². The summed E-state index contributed by atoms with van der Waals surface area (Å²) in [6.45, 7) is 6.08. The molecule has 0 spiro atoms. The van der Waals surface area contributed by atoms with E-state index >= 15 is 0 Å². The fourth-order valence-corrected chi connectivity index (χ4v) is 1.19. The molecule has 0 saturated heterocycles. The molecule has 0 saturated carbocycles. The van der Waals surface area contributed by atoms with E-state index in [-0.39, 0.29) is 11.9 Å². The second-order valence-electron chi connectivity index (χ2n) is 3.95. The first-order valence-corrected chi connectivity index (χ1v) is 5.75. The third-order valence-corrected chi connectivity index (χ3v) is 2.35. The average Bonchev–Trinajstić information content (AvgIpc) is 2.23. The van der Waals surface area contributed by atoms with Crippen molar-refractivity contribution in [1.82, 2.24) is 10.6 Å². The molecule has 0 radical (unpaired) electrons. The van der Waals surface area contributed by atoms with Crippen molar-refractivity contribution in [2.24, 2.45) is 0 Å². The van der Waals surface area contributed by atoms with E-state index in [1.807, 2.05) is 0 Å². The van der Waals surface area contributed by atoms with Crippen LogP contribution in [0.25, 0.3) is 0 Å². The molecule has 5 nitrogen and oxygen atoms in total. The monoisotopic (exact) mass is 230 g/mol. The highest BCUT2D eigenvalue weighted by Crippen LogP contribution is 1.93. The Morgan fingerprint density at radius 1 is 1.19 bits per heavy atom. The van der Waals surface area contributed by atoms with Crippen molar-refractivity contribution in [3.8, 4) is 0 Å². The molecular weight excluding hydrogens is 208 g/mol. The smallest absolute Gasteiger partial charge is 0.325 e. The quantitative estimate of drug-likeness (QED) is 0.537. The Labute approximate surface area is 96.6 Å². The van der Waals surface area contributed by atoms with Crippen LogP contribution in [0, 0.1) is 0 Å². The number of hydrogen-bond acceptors (Lipinski definition) is 3. The van der Waals surface area contributed by atoms with Gasteiger partial charge in [0.15, 0.2) is 0 Å². The second-order valence-corrected chi connectivity index (χ2v) is 3.95. The third kappa shape index (κ3) is 6.40. The Bertz CT molecular complexity index is 231. The molecule has 5 heteroatoms. The van der Waals surface area contributed by atoms with Crippen LogP contribution in [0.4, 0.5) is 0 Å². The average molecular weight is 230 g/mol. The predicted octanol–water partition coefficient (Wildman–Crippen LogP) is 0.744. The zero-order valence-corrected chi connectivity index (χ0v) is 10.2. The standard InChI is InChI=1S/C11H22N2O3/c1-4-5-6-7-12-8(2)10(14)13-9(3)11(15)16/h8-9,12H,4-7H2,1-3H3,(H,13,14)(H,15,16)/t8-,9-/m1/s1. The van der Waals surface area contributed by atoms with Gasteiger partial charge in [0.25, 0.3) is 0 Å². The van der Waals surface area contributed by atoms with E-state index in [9.17, 15) is 9.59 Å². The van der Waals surface area contributed by atoms with Gasteiger partial charge < -0.3 is 15.7 Å². The maximum Gasteiger partial charge on any atom is 0.325 e. The van der Waals surface area contributed by atoms with Gasteiger partial charge >= 0.3 is 5.97 Å². The van der Waals surface area contributed by atoms with Gasteiger partial charge in [0.05, 0.1) is 6.04 Å². The Kier molecular flexibility index (Phi) is 7.54. The van der Waals surface area contributed by atoms with Gasteiger partial charge in [0, 0.05) is 0 Å². The lowest BCUT2D eigenvalue weighted by Crippen LogP contribution is -2.48. The van der Waals surface area contributed by atoms with E-state index < -0.39 is 12.0 Å². The van der Waals surface area contributed by atoms with Gasteiger partial charge in [-0.1, -0.05) is 19.8 Å². The number of unbranched alkanes of at least 4 members (excludes halogenated alkanes) is 2. The van der Waals surface area contributed by atoms with Gasteiger partial charge in [0.2, 0.25) is 5.91 Å². The Balaban J connectivity index is 3.77. The normalized spacial score (nSPS) is 14.2. The van der Waals surface area contributed by atoms with E-state index in [1.165, 1.54) is 6.92 Å². The minimum Gasteiger partial charge on any atom is -0.480 e. The van der Waals surface area contributed by atoms with E-state index in [4.69, 9.17) is 5.11 Å². The number of carbonyl (C=O) groups excluding carboxylic acids is 1. The minimum atomic E-state index is -1.02. The van der Waals surface area contributed by atoms with Gasteiger partial charge in [-0.2, -0.15) is 0 Å². The van der Waals surface area contributed by atoms with Crippen LogP contribution in [-0.4, -0.2) is 35.6 Å². The number of aliphatic carboxylic acids is 1. The number of carboxylic acid groups (broad SMARTS) is 1. The lowest BCUT2D eigenvalue weighted by Gasteiger charge is -2.15. The molecule has 0 fully saturated rings. The van der Waals surface area contributed by atoms with Gasteiger partial charge in [0.1, 0.15) is 6.04 Å². The molecule has 94 valence electrons. The van der Waals surface area contributed by atoms with Crippen molar-refractivity contribution >= 4 is 11.9 Å². The number of rotatable bonds is 8. The Morgan fingerprint density at radius 3 is 2.31 bits per heavy atom. The van der Waals surface area contributed by atoms with Crippen molar-refractivity contribution in [2.75, 3.05) is 6.54 Å². The fraction of sp³-hybridized carbons (Fsp3) is 0.818. The number of carbonyl (C=O) groups is 2. The summed E-state index contributed by atoms with van der Waals surface area (Å²) in [5.41, 5.74) is 0. The molecule has 2 atom stereocenters. The summed E-state index contributed by atoms with van der Waals surface area (Å²) in [6.07, 6.45) is 3.30. The summed E-state index contributed by atoms with van der Waals surface area (Å²) in [5.74, 6) is -1.29. The highest BCUT2D eigenvalue weighted by Gasteiger charge is 2.17. The first-order valence-electron chi connectivity index (χ1n) is 5.75. The molecular formula is C11H22N2O3. The second kappa shape index (κ2) is 8.10. The van der Waals surface area contributed by atoms with E-state index in [0.717, 1.165) is 25.8 Å². The number of amides is 1. The summed E-state index contributed by atoms with van der Waals surface area (Å²) < 4.78 is 0. The van der Waals surface area contributed by atoms with E-state index in [2.05, 4.69) is 17.6 Å². The van der Waals surface area contributed by atoms with Gasteiger partial charge in [-0.25, -0.2) is 0 Å². The molecule has 1 amide bonds. The van der Waals surface area contributed by atoms with Crippen LogP contribution in [-0.2, 0) is 9.59 Å². The highest BCUT2D eigenvalue weighted by molar-refractivity contribution is 5.86. The molecule has 0 unspecified atom stereocenters. The van der Waals surface area contributed by atoms with Crippen LogP contribution in [0.1, 0.15) is 40.0 Å². The van der Waals surface area contributed by atoms with E-state index in [0.29, 0.717) is 0 Å². The maximum absolute atomic E-state index is 11.5. The zero-order chi connectivity index (χ0) is 12.6. The summed E-state index contributed by atoms with van der Waals surface area (Å²) in [6, 6.07) is -1.19. The summed E-state index contributed by atoms with van der Waals surface area (Å²) >= 11 is 0. The molecule has 0 aromatic heterocycles. The fourth-order valence-electron chi connectivity index (χ4n) is 1.19. The van der Waals surface area contributed by atoms with Crippen LogP contribution in [0.5, 0.6) is 0 Å². The van der Waals surface area contributed by atoms with Gasteiger partial charge in [-0.3, -0.25) is 9.59 Å². The van der Waals surface area contributed by atoms with Crippen molar-refractivity contribution in [2.45, 2.75) is 52.1 Å². The number of carboxylic acids is 1. The molecule has 0 aliphatic heterocycles. The van der Waals surface area contributed by atoms with Gasteiger partial charge in [-0.05, 0) is 26.8 Å². The van der Waals surface area contributed by atoms with Crippen LogP contribution < -0.4 is 10.6 Å². The summed E-state index contributed by atoms with van der Waals surface area (Å²) in [5, 5.41) is 14.1. The third-order valence-electron chi connectivity index (χ3n) is 2.35. The highest BCUT2D eigenvalue weighted by atomic mass is 16.4. The Morgan fingerprint density at radius 2 is 1.81 bits per heavy atom. The molecule has 0 bridgehead atoms. The zero-order valence-electron chi connectivity index (χ0n) is 10.2. The first kappa shape index (κ1) is 14.9. The van der Waals surface area contributed by atoms with Crippen molar-refractivity contribution < 1.29 is 14.7 Å². The molecule has 16 heavy (non-hydrogen) atoms. The minimum absolute atomic E-state index is 0.272. The first-order chi connectivity index (χ1) is 7.49. The van der Waals surface area contributed by atoms with E-state index in [1.54, 1.807) is 6.92 Å². The van der Waals surface area contributed by atoms with Gasteiger partial charge in [-0.15, -0.1) is 0 Å². The van der Waals surface area contributed by atoms with Crippen LogP contribution in [0.3, 0.4) is 0 Å². The number of nitrogens with one attached hydrogen (secondary N) is 2. The molecule has 0 rings (SSSR count).